The predicted molar refractivity (Wildman–Crippen MR) is 80.7 cm³/mol. The van der Waals surface area contributed by atoms with Crippen molar-refractivity contribution < 1.29 is 4.79 Å². The molecule has 1 aliphatic rings. The molecule has 1 aromatic heterocycles. The molecule has 1 saturated carbocycles. The third-order valence-corrected chi connectivity index (χ3v) is 4.98. The van der Waals surface area contributed by atoms with Crippen molar-refractivity contribution in [3.63, 3.8) is 0 Å². The van der Waals surface area contributed by atoms with Crippen LogP contribution in [0.1, 0.15) is 43.4 Å². The summed E-state index contributed by atoms with van der Waals surface area (Å²) in [5, 5.41) is 2.96. The summed E-state index contributed by atoms with van der Waals surface area (Å²) in [5.41, 5.74) is 6.00. The molecule has 1 aliphatic carbocycles. The number of halogens is 1. The topological polar surface area (TPSA) is 55.1 Å². The molecule has 0 unspecified atom stereocenters. The molecule has 2 rings (SSSR count). The van der Waals surface area contributed by atoms with E-state index >= 15 is 0 Å². The van der Waals surface area contributed by atoms with E-state index in [-0.39, 0.29) is 11.4 Å². The maximum Gasteiger partial charge on any atom is 0.221 e. The smallest absolute Gasteiger partial charge is 0.221 e. The monoisotopic (exact) mass is 300 g/mol. The summed E-state index contributed by atoms with van der Waals surface area (Å²) in [7, 11) is 0. The van der Waals surface area contributed by atoms with Crippen molar-refractivity contribution in [3.8, 4) is 0 Å². The van der Waals surface area contributed by atoms with E-state index in [1.165, 1.54) is 11.3 Å². The van der Waals surface area contributed by atoms with Crippen LogP contribution in [0.25, 0.3) is 0 Å². The van der Waals surface area contributed by atoms with Gasteiger partial charge in [0.25, 0.3) is 0 Å². The molecule has 3 nitrogen and oxygen atoms in total. The van der Waals surface area contributed by atoms with Gasteiger partial charge in [0.1, 0.15) is 0 Å². The van der Waals surface area contributed by atoms with E-state index in [0.717, 1.165) is 36.4 Å². The van der Waals surface area contributed by atoms with Gasteiger partial charge in [-0.25, -0.2) is 0 Å². The number of amides is 1. The summed E-state index contributed by atoms with van der Waals surface area (Å²) in [6, 6.07) is 3.89. The van der Waals surface area contributed by atoms with Gasteiger partial charge >= 0.3 is 0 Å². The molecule has 5 heteroatoms. The fourth-order valence-corrected chi connectivity index (χ4v) is 3.71. The van der Waals surface area contributed by atoms with Gasteiger partial charge in [0, 0.05) is 23.4 Å². The second-order valence-corrected chi connectivity index (χ2v) is 7.21. The van der Waals surface area contributed by atoms with Crippen LogP contribution < -0.4 is 11.1 Å². The summed E-state index contributed by atoms with van der Waals surface area (Å²) in [6.07, 6.45) is 6.79. The molecule has 0 radical (unpaired) electrons. The number of carbonyl (C=O) groups is 1. The van der Waals surface area contributed by atoms with E-state index in [9.17, 15) is 4.79 Å². The van der Waals surface area contributed by atoms with Gasteiger partial charge < -0.3 is 11.1 Å². The summed E-state index contributed by atoms with van der Waals surface area (Å²) in [4.78, 5) is 13.1. The molecular formula is C14H21ClN2OS. The molecule has 0 bridgehead atoms. The zero-order chi connectivity index (χ0) is 13.7. The van der Waals surface area contributed by atoms with Crippen LogP contribution in [0.2, 0.25) is 4.34 Å². The van der Waals surface area contributed by atoms with E-state index in [0.29, 0.717) is 13.0 Å². The van der Waals surface area contributed by atoms with Crippen molar-refractivity contribution >= 4 is 28.8 Å². The van der Waals surface area contributed by atoms with Gasteiger partial charge in [0.2, 0.25) is 5.91 Å². The lowest BCUT2D eigenvalue weighted by Gasteiger charge is -2.32. The molecule has 1 heterocycles. The van der Waals surface area contributed by atoms with Crippen molar-refractivity contribution in [1.82, 2.24) is 5.32 Å². The Labute approximate surface area is 123 Å². The van der Waals surface area contributed by atoms with Crippen molar-refractivity contribution in [3.05, 3.63) is 21.3 Å². The Balaban J connectivity index is 1.69. The van der Waals surface area contributed by atoms with Crippen LogP contribution >= 0.6 is 22.9 Å². The average molecular weight is 301 g/mol. The molecule has 0 aliphatic heterocycles. The van der Waals surface area contributed by atoms with Crippen LogP contribution in [0.15, 0.2) is 12.1 Å². The summed E-state index contributed by atoms with van der Waals surface area (Å²) in [6.45, 7) is 0.658. The van der Waals surface area contributed by atoms with E-state index in [2.05, 4.69) is 5.32 Å². The highest BCUT2D eigenvalue weighted by atomic mass is 35.5. The summed E-state index contributed by atoms with van der Waals surface area (Å²) < 4.78 is 0.796. The van der Waals surface area contributed by atoms with Crippen LogP contribution in [0.4, 0.5) is 0 Å². The zero-order valence-electron chi connectivity index (χ0n) is 11.1. The van der Waals surface area contributed by atoms with E-state index in [1.807, 2.05) is 12.1 Å². The molecule has 0 aromatic carbocycles. The largest absolute Gasteiger partial charge is 0.356 e. The van der Waals surface area contributed by atoms with Crippen molar-refractivity contribution in [1.29, 1.82) is 0 Å². The third-order valence-electron chi connectivity index (χ3n) is 3.68. The molecule has 0 spiro atoms. The van der Waals surface area contributed by atoms with E-state index < -0.39 is 0 Å². The fraction of sp³-hybridized carbons (Fsp3) is 0.643. The first-order valence-corrected chi connectivity index (χ1v) is 8.07. The highest BCUT2D eigenvalue weighted by Crippen LogP contribution is 2.28. The SMILES string of the molecule is NC1(CC(=O)NCCc2ccc(Cl)s2)CCCCC1. The molecule has 0 saturated heterocycles. The minimum Gasteiger partial charge on any atom is -0.356 e. The van der Waals surface area contributed by atoms with E-state index in [4.69, 9.17) is 17.3 Å². The Morgan fingerprint density at radius 2 is 2.11 bits per heavy atom. The van der Waals surface area contributed by atoms with Crippen LogP contribution in [0.3, 0.4) is 0 Å². The molecule has 19 heavy (non-hydrogen) atoms. The van der Waals surface area contributed by atoms with Crippen molar-refractivity contribution in [2.75, 3.05) is 6.54 Å². The van der Waals surface area contributed by atoms with Crippen LogP contribution in [0.5, 0.6) is 0 Å². The van der Waals surface area contributed by atoms with E-state index in [1.54, 1.807) is 11.3 Å². The van der Waals surface area contributed by atoms with Crippen molar-refractivity contribution in [2.45, 2.75) is 50.5 Å². The Morgan fingerprint density at radius 3 is 2.74 bits per heavy atom. The molecule has 0 atom stereocenters. The van der Waals surface area contributed by atoms with Gasteiger partial charge in [-0.1, -0.05) is 30.9 Å². The maximum atomic E-state index is 11.9. The van der Waals surface area contributed by atoms with Crippen LogP contribution in [0, 0.1) is 0 Å². The summed E-state index contributed by atoms with van der Waals surface area (Å²) >= 11 is 7.43. The second kappa shape index (κ2) is 6.73. The number of carbonyl (C=O) groups excluding carboxylic acids is 1. The number of hydrogen-bond donors (Lipinski definition) is 2. The first kappa shape index (κ1) is 14.8. The minimum atomic E-state index is -0.269. The third kappa shape index (κ3) is 4.79. The van der Waals surface area contributed by atoms with Gasteiger partial charge in [0.05, 0.1) is 4.34 Å². The van der Waals surface area contributed by atoms with Crippen LogP contribution in [-0.4, -0.2) is 18.0 Å². The van der Waals surface area contributed by atoms with Crippen LogP contribution in [-0.2, 0) is 11.2 Å². The average Bonchev–Trinajstić information content (AvgIpc) is 2.75. The predicted octanol–water partition coefficient (Wildman–Crippen LogP) is 3.11. The van der Waals surface area contributed by atoms with Gasteiger partial charge in [-0.05, 0) is 31.4 Å². The van der Waals surface area contributed by atoms with Gasteiger partial charge in [-0.15, -0.1) is 11.3 Å². The second-order valence-electron chi connectivity index (χ2n) is 5.41. The Hall–Kier alpha value is -0.580. The maximum absolute atomic E-state index is 11.9. The lowest BCUT2D eigenvalue weighted by atomic mass is 9.80. The first-order chi connectivity index (χ1) is 9.07. The molecule has 1 fully saturated rings. The summed E-state index contributed by atoms with van der Waals surface area (Å²) in [5.74, 6) is 0.0760. The highest BCUT2D eigenvalue weighted by Gasteiger charge is 2.29. The van der Waals surface area contributed by atoms with Crippen molar-refractivity contribution in [2.24, 2.45) is 5.73 Å². The normalized spacial score (nSPS) is 18.2. The Bertz CT molecular complexity index is 427. The molecule has 106 valence electrons. The number of rotatable bonds is 5. The molecule has 3 N–H and O–H groups in total. The number of nitrogens with one attached hydrogen (secondary N) is 1. The Kier molecular flexibility index (Phi) is 5.25. The molecule has 1 aromatic rings. The van der Waals surface area contributed by atoms with Gasteiger partial charge in [-0.3, -0.25) is 4.79 Å². The quantitative estimate of drug-likeness (QED) is 0.878. The lowest BCUT2D eigenvalue weighted by Crippen LogP contribution is -2.46. The standard InChI is InChI=1S/C14H21ClN2OS/c15-12-5-4-11(19-12)6-9-17-13(18)10-14(16)7-2-1-3-8-14/h4-5H,1-3,6-10,16H2,(H,17,18). The van der Waals surface area contributed by atoms with Gasteiger partial charge in [-0.2, -0.15) is 0 Å². The fourth-order valence-electron chi connectivity index (χ4n) is 2.63. The van der Waals surface area contributed by atoms with Gasteiger partial charge in [0.15, 0.2) is 0 Å². The first-order valence-electron chi connectivity index (χ1n) is 6.87. The zero-order valence-corrected chi connectivity index (χ0v) is 12.7. The molecular weight excluding hydrogens is 280 g/mol. The highest BCUT2D eigenvalue weighted by molar-refractivity contribution is 7.16. The Morgan fingerprint density at radius 1 is 1.37 bits per heavy atom. The lowest BCUT2D eigenvalue weighted by molar-refractivity contribution is -0.122. The molecule has 1 amide bonds. The number of thiophene rings is 1. The number of nitrogens with two attached hydrogens (primary N) is 1. The number of hydrogen-bond acceptors (Lipinski definition) is 3. The minimum absolute atomic E-state index is 0.0760.